The van der Waals surface area contributed by atoms with E-state index in [-0.39, 0.29) is 0 Å². The number of ether oxygens (including phenoxy) is 1. The van der Waals surface area contributed by atoms with Gasteiger partial charge in [-0.2, -0.15) is 0 Å². The van der Waals surface area contributed by atoms with Crippen LogP contribution in [-0.2, 0) is 4.74 Å². The first kappa shape index (κ1) is 14.9. The van der Waals surface area contributed by atoms with Gasteiger partial charge < -0.3 is 15.0 Å². The second-order valence-electron chi connectivity index (χ2n) is 5.95. The van der Waals surface area contributed by atoms with E-state index in [4.69, 9.17) is 4.74 Å². The molecule has 1 aliphatic carbocycles. The number of likely N-dealkylation sites (N-methyl/N-ethyl adjacent to an activating group) is 1. The lowest BCUT2D eigenvalue weighted by molar-refractivity contribution is 0.123. The third-order valence-corrected chi connectivity index (χ3v) is 3.58. The Balaban J connectivity index is 2.32. The van der Waals surface area contributed by atoms with Crippen LogP contribution in [0, 0.1) is 5.41 Å². The predicted octanol–water partition coefficient (Wildman–Crippen LogP) is 2.12. The lowest BCUT2D eigenvalue weighted by atomic mass is 9.85. The van der Waals surface area contributed by atoms with Gasteiger partial charge in [0.25, 0.3) is 0 Å². The van der Waals surface area contributed by atoms with E-state index >= 15 is 0 Å². The van der Waals surface area contributed by atoms with Gasteiger partial charge in [-0.1, -0.05) is 20.3 Å². The fourth-order valence-corrected chi connectivity index (χ4v) is 2.48. The Morgan fingerprint density at radius 2 is 2.12 bits per heavy atom. The zero-order chi connectivity index (χ0) is 12.7. The van der Waals surface area contributed by atoms with Crippen molar-refractivity contribution in [3.05, 3.63) is 0 Å². The Morgan fingerprint density at radius 3 is 2.65 bits per heavy atom. The highest BCUT2D eigenvalue weighted by Gasteiger charge is 2.28. The van der Waals surface area contributed by atoms with Crippen LogP contribution in [0.25, 0.3) is 0 Å². The Labute approximate surface area is 107 Å². The van der Waals surface area contributed by atoms with Crippen molar-refractivity contribution >= 4 is 0 Å². The van der Waals surface area contributed by atoms with Crippen LogP contribution in [0.5, 0.6) is 0 Å². The maximum absolute atomic E-state index is 5.14. The maximum Gasteiger partial charge on any atom is 0.0589 e. The summed E-state index contributed by atoms with van der Waals surface area (Å²) >= 11 is 0. The molecule has 0 bridgehead atoms. The van der Waals surface area contributed by atoms with Gasteiger partial charge in [0.15, 0.2) is 0 Å². The predicted molar refractivity (Wildman–Crippen MR) is 73.4 cm³/mol. The number of nitrogens with one attached hydrogen (secondary N) is 1. The van der Waals surface area contributed by atoms with Gasteiger partial charge in [-0.15, -0.1) is 0 Å². The first-order valence-electron chi connectivity index (χ1n) is 7.00. The summed E-state index contributed by atoms with van der Waals surface area (Å²) in [5.74, 6) is 0. The average molecular weight is 242 g/mol. The summed E-state index contributed by atoms with van der Waals surface area (Å²) in [4.78, 5) is 2.40. The average Bonchev–Trinajstić information content (AvgIpc) is 3.08. The van der Waals surface area contributed by atoms with Crippen LogP contribution in [0.2, 0.25) is 0 Å². The summed E-state index contributed by atoms with van der Waals surface area (Å²) in [6, 6.07) is 0.815. The summed E-state index contributed by atoms with van der Waals surface area (Å²) in [6.07, 6.45) is 5.31. The summed E-state index contributed by atoms with van der Waals surface area (Å²) in [5.41, 5.74) is 0.403. The normalized spacial score (nSPS) is 19.6. The van der Waals surface area contributed by atoms with E-state index in [0.717, 1.165) is 32.3 Å². The van der Waals surface area contributed by atoms with Crippen molar-refractivity contribution in [2.24, 2.45) is 5.41 Å². The molecule has 0 aromatic heterocycles. The minimum Gasteiger partial charge on any atom is -0.383 e. The standard InChI is InChI=1S/C14H30N2O/c1-5-8-14(2,11-15-13-6-7-13)12-16(3)9-10-17-4/h13,15H,5-12H2,1-4H3. The van der Waals surface area contributed by atoms with Crippen LogP contribution in [0.3, 0.4) is 0 Å². The molecule has 1 N–H and O–H groups in total. The van der Waals surface area contributed by atoms with Crippen LogP contribution in [-0.4, -0.2) is 51.3 Å². The van der Waals surface area contributed by atoms with E-state index in [1.54, 1.807) is 7.11 Å². The van der Waals surface area contributed by atoms with E-state index < -0.39 is 0 Å². The summed E-state index contributed by atoms with van der Waals surface area (Å²) in [5, 5.41) is 3.69. The SMILES string of the molecule is CCCC(C)(CNC1CC1)CN(C)CCOC. The van der Waals surface area contributed by atoms with Crippen molar-refractivity contribution in [2.75, 3.05) is 40.4 Å². The van der Waals surface area contributed by atoms with E-state index in [1.807, 2.05) is 0 Å². The molecule has 0 aliphatic heterocycles. The van der Waals surface area contributed by atoms with Gasteiger partial charge in [0.05, 0.1) is 6.61 Å². The molecule has 17 heavy (non-hydrogen) atoms. The van der Waals surface area contributed by atoms with Crippen molar-refractivity contribution in [1.82, 2.24) is 10.2 Å². The van der Waals surface area contributed by atoms with E-state index in [2.05, 4.69) is 31.1 Å². The molecule has 0 saturated heterocycles. The number of hydrogen-bond donors (Lipinski definition) is 1. The molecule has 3 nitrogen and oxygen atoms in total. The summed E-state index contributed by atoms with van der Waals surface area (Å²) < 4.78 is 5.14. The topological polar surface area (TPSA) is 24.5 Å². The second-order valence-corrected chi connectivity index (χ2v) is 5.95. The maximum atomic E-state index is 5.14. The molecule has 102 valence electrons. The highest BCUT2D eigenvalue weighted by molar-refractivity contribution is 4.86. The zero-order valence-corrected chi connectivity index (χ0v) is 12.1. The molecule has 0 amide bonds. The first-order chi connectivity index (χ1) is 8.09. The fourth-order valence-electron chi connectivity index (χ4n) is 2.48. The molecule has 1 rings (SSSR count). The Morgan fingerprint density at radius 1 is 1.41 bits per heavy atom. The van der Waals surface area contributed by atoms with E-state index in [9.17, 15) is 0 Å². The molecule has 1 saturated carbocycles. The van der Waals surface area contributed by atoms with Gasteiger partial charge in [-0.3, -0.25) is 0 Å². The van der Waals surface area contributed by atoms with Gasteiger partial charge in [-0.05, 0) is 31.7 Å². The highest BCUT2D eigenvalue weighted by Crippen LogP contribution is 2.26. The molecule has 3 heteroatoms. The van der Waals surface area contributed by atoms with Crippen LogP contribution in [0.4, 0.5) is 0 Å². The van der Waals surface area contributed by atoms with Crippen LogP contribution in [0.1, 0.15) is 39.5 Å². The molecule has 1 unspecified atom stereocenters. The minimum absolute atomic E-state index is 0.403. The number of rotatable bonds is 10. The molecule has 1 atom stereocenters. The first-order valence-corrected chi connectivity index (χ1v) is 7.00. The van der Waals surface area contributed by atoms with Crippen molar-refractivity contribution in [3.63, 3.8) is 0 Å². The van der Waals surface area contributed by atoms with Gasteiger partial charge >= 0.3 is 0 Å². The summed E-state index contributed by atoms with van der Waals surface area (Å²) in [6.45, 7) is 8.86. The molecule has 1 fully saturated rings. The largest absolute Gasteiger partial charge is 0.383 e. The molecular formula is C14H30N2O. The van der Waals surface area contributed by atoms with Gasteiger partial charge in [-0.25, -0.2) is 0 Å². The van der Waals surface area contributed by atoms with Crippen LogP contribution < -0.4 is 5.32 Å². The fraction of sp³-hybridized carbons (Fsp3) is 1.00. The zero-order valence-electron chi connectivity index (χ0n) is 12.1. The molecule has 1 aliphatic rings. The van der Waals surface area contributed by atoms with Crippen molar-refractivity contribution < 1.29 is 4.74 Å². The van der Waals surface area contributed by atoms with E-state index in [0.29, 0.717) is 5.41 Å². The van der Waals surface area contributed by atoms with E-state index in [1.165, 1.54) is 25.7 Å². The molecular weight excluding hydrogens is 212 g/mol. The van der Waals surface area contributed by atoms with Gasteiger partial charge in [0.1, 0.15) is 0 Å². The highest BCUT2D eigenvalue weighted by atomic mass is 16.5. The van der Waals surface area contributed by atoms with Crippen molar-refractivity contribution in [2.45, 2.75) is 45.6 Å². The Hall–Kier alpha value is -0.120. The Kier molecular flexibility index (Phi) is 6.45. The molecule has 0 aromatic rings. The minimum atomic E-state index is 0.403. The van der Waals surface area contributed by atoms with Crippen LogP contribution in [0.15, 0.2) is 0 Å². The third kappa shape index (κ3) is 6.39. The smallest absolute Gasteiger partial charge is 0.0589 e. The quantitative estimate of drug-likeness (QED) is 0.635. The van der Waals surface area contributed by atoms with Crippen molar-refractivity contribution in [1.29, 1.82) is 0 Å². The monoisotopic (exact) mass is 242 g/mol. The molecule has 0 aromatic carbocycles. The third-order valence-electron chi connectivity index (χ3n) is 3.58. The van der Waals surface area contributed by atoms with Gasteiger partial charge in [0, 0.05) is 32.8 Å². The Bertz CT molecular complexity index is 206. The van der Waals surface area contributed by atoms with Crippen LogP contribution >= 0.6 is 0 Å². The second kappa shape index (κ2) is 7.34. The molecule has 0 spiro atoms. The van der Waals surface area contributed by atoms with Crippen molar-refractivity contribution in [3.8, 4) is 0 Å². The van der Waals surface area contributed by atoms with Gasteiger partial charge in [0.2, 0.25) is 0 Å². The number of hydrogen-bond acceptors (Lipinski definition) is 3. The number of methoxy groups -OCH3 is 1. The molecule has 0 heterocycles. The lowest BCUT2D eigenvalue weighted by Gasteiger charge is -2.34. The lowest BCUT2D eigenvalue weighted by Crippen LogP contribution is -2.42. The summed E-state index contributed by atoms with van der Waals surface area (Å²) in [7, 11) is 3.97. The molecule has 0 radical (unpaired) electrons. The number of nitrogens with zero attached hydrogens (tertiary/aromatic N) is 1.